The lowest BCUT2D eigenvalue weighted by molar-refractivity contribution is 0.404. The Labute approximate surface area is 113 Å². The summed E-state index contributed by atoms with van der Waals surface area (Å²) in [5.41, 5.74) is 2.34. The highest BCUT2D eigenvalue weighted by molar-refractivity contribution is 7.14. The zero-order chi connectivity index (χ0) is 14.1. The second-order valence-corrected chi connectivity index (χ2v) is 4.23. The molecule has 0 saturated heterocycles. The van der Waals surface area contributed by atoms with Gasteiger partial charge in [0.25, 0.3) is 0 Å². The third kappa shape index (κ3) is 4.40. The summed E-state index contributed by atoms with van der Waals surface area (Å²) in [6.07, 6.45) is 3.94. The van der Waals surface area contributed by atoms with Gasteiger partial charge >= 0.3 is 0 Å². The van der Waals surface area contributed by atoms with Gasteiger partial charge in [0, 0.05) is 24.3 Å². The van der Waals surface area contributed by atoms with Gasteiger partial charge in [-0.05, 0) is 41.2 Å². The van der Waals surface area contributed by atoms with E-state index < -0.39 is 0 Å². The highest BCUT2D eigenvalue weighted by atomic mass is 31.0. The third-order valence-electron chi connectivity index (χ3n) is 2.16. The van der Waals surface area contributed by atoms with Crippen LogP contribution in [0.25, 0.3) is 11.0 Å². The molecule has 0 aromatic carbocycles. The summed E-state index contributed by atoms with van der Waals surface area (Å²) >= 11 is 0. The maximum atomic E-state index is 4.33. The smallest absolute Gasteiger partial charge is 0.143 e. The van der Waals surface area contributed by atoms with Crippen LogP contribution < -0.4 is 0 Å². The van der Waals surface area contributed by atoms with Crippen molar-refractivity contribution >= 4 is 20.4 Å². The van der Waals surface area contributed by atoms with Crippen LogP contribution in [0, 0.1) is 0 Å². The summed E-state index contributed by atoms with van der Waals surface area (Å²) < 4.78 is 1.99. The molecule has 3 nitrogen and oxygen atoms in total. The molecule has 0 radical (unpaired) electrons. The Balaban J connectivity index is 0.000000659. The van der Waals surface area contributed by atoms with Crippen molar-refractivity contribution in [2.75, 3.05) is 14.1 Å². The summed E-state index contributed by atoms with van der Waals surface area (Å²) in [4.78, 5) is 6.49. The average molecular weight is 267 g/mol. The Morgan fingerprint density at radius 2 is 1.83 bits per heavy atom. The van der Waals surface area contributed by atoms with E-state index in [2.05, 4.69) is 45.6 Å². The molecule has 2 aromatic rings. The van der Waals surface area contributed by atoms with Gasteiger partial charge in [-0.1, -0.05) is 27.7 Å². The van der Waals surface area contributed by atoms with E-state index in [1.807, 2.05) is 44.3 Å². The van der Waals surface area contributed by atoms with Gasteiger partial charge < -0.3 is 9.24 Å². The molecule has 18 heavy (non-hydrogen) atoms. The molecule has 0 fully saturated rings. The summed E-state index contributed by atoms with van der Waals surface area (Å²) in [5.74, 6) is 0. The van der Waals surface area contributed by atoms with Crippen molar-refractivity contribution in [3.05, 3.63) is 30.1 Å². The minimum Gasteiger partial charge on any atom is -0.317 e. The highest BCUT2D eigenvalue weighted by Gasteiger charge is 2.06. The number of hydrogen-bond acceptors (Lipinski definition) is 2. The third-order valence-corrected chi connectivity index (χ3v) is 2.55. The number of nitrogens with zero attached hydrogens (tertiary/aromatic N) is 3. The van der Waals surface area contributed by atoms with Crippen LogP contribution in [0.5, 0.6) is 0 Å². The van der Waals surface area contributed by atoms with Crippen LogP contribution in [0.4, 0.5) is 0 Å². The zero-order valence-corrected chi connectivity index (χ0v) is 13.6. The number of aromatic nitrogens is 2. The van der Waals surface area contributed by atoms with Crippen LogP contribution in [0.2, 0.25) is 0 Å². The van der Waals surface area contributed by atoms with E-state index in [0.29, 0.717) is 0 Å². The zero-order valence-electron chi connectivity index (χ0n) is 12.4. The van der Waals surface area contributed by atoms with E-state index in [-0.39, 0.29) is 0 Å². The fourth-order valence-electron chi connectivity index (χ4n) is 1.62. The van der Waals surface area contributed by atoms with E-state index in [1.165, 1.54) is 10.9 Å². The largest absolute Gasteiger partial charge is 0.317 e. The van der Waals surface area contributed by atoms with Crippen molar-refractivity contribution in [1.82, 2.24) is 14.2 Å². The van der Waals surface area contributed by atoms with Crippen molar-refractivity contribution in [3.63, 3.8) is 0 Å². The van der Waals surface area contributed by atoms with E-state index >= 15 is 0 Å². The van der Waals surface area contributed by atoms with Gasteiger partial charge in [0.15, 0.2) is 0 Å². The molecule has 0 amide bonds. The van der Waals surface area contributed by atoms with Crippen LogP contribution in [-0.2, 0) is 6.54 Å². The molecular formula is C14H26N3P. The maximum absolute atomic E-state index is 4.33. The van der Waals surface area contributed by atoms with Gasteiger partial charge in [0.1, 0.15) is 5.65 Å². The lowest BCUT2D eigenvalue weighted by Crippen LogP contribution is -2.10. The SMILES string of the molecule is CC.CC.CN(C)Cc1cn(P)c2ncccc12. The molecule has 0 spiro atoms. The monoisotopic (exact) mass is 267 g/mol. The van der Waals surface area contributed by atoms with Crippen LogP contribution in [0.1, 0.15) is 33.3 Å². The minimum atomic E-state index is 0.948. The average Bonchev–Trinajstić information content (AvgIpc) is 2.71. The first-order valence-electron chi connectivity index (χ1n) is 6.53. The number of rotatable bonds is 2. The standard InChI is InChI=1S/C10H14N3P.2C2H6/c1-12(2)6-8-7-13(14)10-9(8)4-3-5-11-10;2*1-2/h3-5,7H,6,14H2,1-2H3;2*1-2H3. The molecule has 1 atom stereocenters. The predicted molar refractivity (Wildman–Crippen MR) is 84.9 cm³/mol. The van der Waals surface area contributed by atoms with E-state index in [0.717, 1.165) is 12.2 Å². The summed E-state index contributed by atoms with van der Waals surface area (Å²) in [6, 6.07) is 4.09. The van der Waals surface area contributed by atoms with Crippen LogP contribution >= 0.6 is 9.39 Å². The molecule has 0 N–H and O–H groups in total. The molecule has 2 heterocycles. The number of hydrogen-bond donors (Lipinski definition) is 0. The van der Waals surface area contributed by atoms with Crippen molar-refractivity contribution in [2.24, 2.45) is 0 Å². The molecule has 1 unspecified atom stereocenters. The first-order valence-corrected chi connectivity index (χ1v) is 7.05. The predicted octanol–water partition coefficient (Wildman–Crippen LogP) is 3.79. The molecule has 0 bridgehead atoms. The van der Waals surface area contributed by atoms with Gasteiger partial charge in [-0.3, -0.25) is 0 Å². The maximum Gasteiger partial charge on any atom is 0.143 e. The molecule has 102 valence electrons. The summed E-state index contributed by atoms with van der Waals surface area (Å²) in [7, 11) is 6.81. The fraction of sp³-hybridized carbons (Fsp3) is 0.500. The number of pyridine rings is 1. The van der Waals surface area contributed by atoms with Crippen molar-refractivity contribution < 1.29 is 0 Å². The second-order valence-electron chi connectivity index (χ2n) is 3.67. The van der Waals surface area contributed by atoms with Gasteiger partial charge in [0.05, 0.1) is 0 Å². The van der Waals surface area contributed by atoms with Gasteiger partial charge in [0.2, 0.25) is 0 Å². The lowest BCUT2D eigenvalue weighted by Gasteiger charge is -2.07. The van der Waals surface area contributed by atoms with Gasteiger partial charge in [-0.25, -0.2) is 4.98 Å². The van der Waals surface area contributed by atoms with Gasteiger partial charge in [-0.2, -0.15) is 0 Å². The van der Waals surface area contributed by atoms with E-state index in [9.17, 15) is 0 Å². The highest BCUT2D eigenvalue weighted by Crippen LogP contribution is 2.21. The molecular weight excluding hydrogens is 241 g/mol. The molecule has 0 aliphatic heterocycles. The summed E-state index contributed by atoms with van der Waals surface area (Å²) in [5, 5.41) is 1.23. The Bertz CT molecular complexity index is 449. The Morgan fingerprint density at radius 3 is 2.39 bits per heavy atom. The Hall–Kier alpha value is -0.920. The summed E-state index contributed by atoms with van der Waals surface area (Å²) in [6.45, 7) is 8.95. The molecule has 4 heteroatoms. The molecule has 0 aliphatic carbocycles. The quantitative estimate of drug-likeness (QED) is 0.772. The van der Waals surface area contributed by atoms with Crippen LogP contribution in [-0.4, -0.2) is 28.3 Å². The van der Waals surface area contributed by atoms with Crippen molar-refractivity contribution in [1.29, 1.82) is 0 Å². The van der Waals surface area contributed by atoms with Crippen LogP contribution in [0.15, 0.2) is 24.5 Å². The van der Waals surface area contributed by atoms with Gasteiger partial charge in [-0.15, -0.1) is 0 Å². The molecule has 2 rings (SSSR count). The lowest BCUT2D eigenvalue weighted by atomic mass is 10.2. The molecule has 0 aliphatic rings. The fourth-order valence-corrected chi connectivity index (χ4v) is 2.00. The first kappa shape index (κ1) is 17.1. The van der Waals surface area contributed by atoms with E-state index in [4.69, 9.17) is 0 Å². The molecule has 0 saturated carbocycles. The molecule has 2 aromatic heterocycles. The van der Waals surface area contributed by atoms with E-state index in [1.54, 1.807) is 0 Å². The van der Waals surface area contributed by atoms with Crippen molar-refractivity contribution in [2.45, 2.75) is 34.2 Å². The Morgan fingerprint density at radius 1 is 1.22 bits per heavy atom. The Kier molecular flexibility index (Phi) is 8.61. The number of fused-ring (bicyclic) bond motifs is 1. The second kappa shape index (κ2) is 9.07. The normalized spacial score (nSPS) is 9.56. The first-order chi connectivity index (χ1) is 8.68. The van der Waals surface area contributed by atoms with Crippen LogP contribution in [0.3, 0.4) is 0 Å². The topological polar surface area (TPSA) is 21.1 Å². The van der Waals surface area contributed by atoms with Crippen molar-refractivity contribution in [3.8, 4) is 0 Å². The minimum absolute atomic E-state index is 0.948.